The third-order valence-electron chi connectivity index (χ3n) is 5.53. The van der Waals surface area contributed by atoms with Crippen molar-refractivity contribution in [3.63, 3.8) is 0 Å². The highest BCUT2D eigenvalue weighted by Gasteiger charge is 2.53. The quantitative estimate of drug-likeness (QED) is 0.924. The molecule has 0 spiro atoms. The van der Waals surface area contributed by atoms with Gasteiger partial charge < -0.3 is 5.32 Å². The summed E-state index contributed by atoms with van der Waals surface area (Å²) in [7, 11) is 0. The Kier molecular flexibility index (Phi) is 3.72. The molecule has 0 saturated heterocycles. The number of hydrogen-bond donors (Lipinski definition) is 1. The lowest BCUT2D eigenvalue weighted by Crippen LogP contribution is -2.56. The first-order valence-electron chi connectivity index (χ1n) is 8.45. The molecule has 1 amide bonds. The van der Waals surface area contributed by atoms with Gasteiger partial charge in [0.1, 0.15) is 4.88 Å². The number of fused-ring (bicyclic) bond motifs is 1. The minimum absolute atomic E-state index is 0.0596. The zero-order valence-corrected chi connectivity index (χ0v) is 14.4. The number of carbonyl (C=O) groups is 1. The van der Waals surface area contributed by atoms with Gasteiger partial charge in [-0.15, -0.1) is 11.3 Å². The fraction of sp³-hybridized carbons (Fsp3) is 0.474. The van der Waals surface area contributed by atoms with Crippen LogP contribution in [0.2, 0.25) is 0 Å². The van der Waals surface area contributed by atoms with Crippen LogP contribution in [0.15, 0.2) is 30.3 Å². The molecule has 1 aromatic carbocycles. The highest BCUT2D eigenvalue weighted by atomic mass is 32.1. The van der Waals surface area contributed by atoms with Crippen LogP contribution < -0.4 is 5.32 Å². The van der Waals surface area contributed by atoms with Gasteiger partial charge in [0.15, 0.2) is 0 Å². The predicted octanol–water partition coefficient (Wildman–Crippen LogP) is 4.07. The van der Waals surface area contributed by atoms with Gasteiger partial charge in [-0.05, 0) is 44.1 Å². The van der Waals surface area contributed by atoms with E-state index in [2.05, 4.69) is 40.6 Å². The lowest BCUT2D eigenvalue weighted by Gasteiger charge is -2.49. The van der Waals surface area contributed by atoms with Crippen molar-refractivity contribution in [3.05, 3.63) is 51.5 Å². The molecule has 2 aliphatic carbocycles. The van der Waals surface area contributed by atoms with E-state index in [0.29, 0.717) is 11.8 Å². The number of aryl methyl sites for hydroxylation is 2. The van der Waals surface area contributed by atoms with Crippen LogP contribution in [-0.4, -0.2) is 16.9 Å². The Bertz CT molecular complexity index is 724. The number of nitrogens with zero attached hydrogens (tertiary/aromatic N) is 1. The molecule has 2 aromatic rings. The summed E-state index contributed by atoms with van der Waals surface area (Å²) >= 11 is 1.50. The van der Waals surface area contributed by atoms with Gasteiger partial charge in [0, 0.05) is 12.0 Å². The molecule has 23 heavy (non-hydrogen) atoms. The normalized spacial score (nSPS) is 29.0. The molecular weight excluding hydrogens is 304 g/mol. The lowest BCUT2D eigenvalue weighted by atomic mass is 9.60. The molecule has 1 aromatic heterocycles. The first-order valence-corrected chi connectivity index (χ1v) is 9.26. The maximum atomic E-state index is 12.7. The first-order chi connectivity index (χ1) is 11.1. The molecule has 3 nitrogen and oxygen atoms in total. The number of rotatable bonds is 3. The van der Waals surface area contributed by atoms with E-state index in [4.69, 9.17) is 0 Å². The summed E-state index contributed by atoms with van der Waals surface area (Å²) in [4.78, 5) is 17.9. The predicted molar refractivity (Wildman–Crippen MR) is 92.9 cm³/mol. The molecule has 4 heteroatoms. The van der Waals surface area contributed by atoms with E-state index < -0.39 is 0 Å². The molecule has 0 radical (unpaired) electrons. The Labute approximate surface area is 141 Å². The van der Waals surface area contributed by atoms with Gasteiger partial charge in [-0.2, -0.15) is 0 Å². The van der Waals surface area contributed by atoms with E-state index in [1.807, 2.05) is 13.8 Å². The van der Waals surface area contributed by atoms with Gasteiger partial charge in [0.2, 0.25) is 0 Å². The average Bonchev–Trinajstić information content (AvgIpc) is 3.09. The Morgan fingerprint density at radius 1 is 1.17 bits per heavy atom. The second-order valence-electron chi connectivity index (χ2n) is 6.84. The molecule has 4 rings (SSSR count). The minimum Gasteiger partial charge on any atom is -0.348 e. The number of thiazole rings is 1. The van der Waals surface area contributed by atoms with E-state index in [-0.39, 0.29) is 11.9 Å². The number of benzene rings is 1. The highest BCUT2D eigenvalue weighted by Crippen LogP contribution is 2.56. The van der Waals surface area contributed by atoms with E-state index in [1.165, 1.54) is 36.2 Å². The molecule has 0 bridgehead atoms. The second kappa shape index (κ2) is 5.75. The van der Waals surface area contributed by atoms with Crippen molar-refractivity contribution in [2.75, 3.05) is 0 Å². The fourth-order valence-electron chi connectivity index (χ4n) is 4.58. The van der Waals surface area contributed by atoms with Gasteiger partial charge in [-0.25, -0.2) is 4.98 Å². The van der Waals surface area contributed by atoms with E-state index in [9.17, 15) is 4.79 Å². The van der Waals surface area contributed by atoms with Crippen LogP contribution in [0.5, 0.6) is 0 Å². The maximum absolute atomic E-state index is 12.7. The highest BCUT2D eigenvalue weighted by molar-refractivity contribution is 7.13. The number of carbonyl (C=O) groups excluding carboxylic acids is 1. The molecular formula is C19H22N2OS. The third-order valence-corrected chi connectivity index (χ3v) is 6.60. The van der Waals surface area contributed by atoms with Crippen LogP contribution in [0.4, 0.5) is 0 Å². The molecule has 2 aliphatic rings. The summed E-state index contributed by atoms with van der Waals surface area (Å²) in [5, 5.41) is 4.30. The van der Waals surface area contributed by atoms with Crippen LogP contribution >= 0.6 is 11.3 Å². The van der Waals surface area contributed by atoms with Gasteiger partial charge in [-0.1, -0.05) is 36.8 Å². The number of hydrogen-bond acceptors (Lipinski definition) is 3. The van der Waals surface area contributed by atoms with Crippen molar-refractivity contribution in [2.24, 2.45) is 11.8 Å². The van der Waals surface area contributed by atoms with Crippen LogP contribution in [0, 0.1) is 25.7 Å². The summed E-state index contributed by atoms with van der Waals surface area (Å²) in [6.07, 6.45) is 3.85. The molecule has 2 fully saturated rings. The Balaban J connectivity index is 1.57. The maximum Gasteiger partial charge on any atom is 0.263 e. The summed E-state index contributed by atoms with van der Waals surface area (Å²) in [5.41, 5.74) is 2.22. The van der Waals surface area contributed by atoms with Crippen molar-refractivity contribution in [2.45, 2.75) is 45.1 Å². The number of aromatic nitrogens is 1. The lowest BCUT2D eigenvalue weighted by molar-refractivity contribution is 0.0694. The number of nitrogens with one attached hydrogen (secondary N) is 1. The van der Waals surface area contributed by atoms with Gasteiger partial charge in [-0.3, -0.25) is 4.79 Å². The second-order valence-corrected chi connectivity index (χ2v) is 8.04. The van der Waals surface area contributed by atoms with E-state index >= 15 is 0 Å². The fourth-order valence-corrected chi connectivity index (χ4v) is 5.40. The largest absolute Gasteiger partial charge is 0.348 e. The van der Waals surface area contributed by atoms with Crippen molar-refractivity contribution < 1.29 is 4.79 Å². The molecule has 1 heterocycles. The zero-order valence-electron chi connectivity index (χ0n) is 13.6. The van der Waals surface area contributed by atoms with Crippen LogP contribution in [0.3, 0.4) is 0 Å². The first kappa shape index (κ1) is 14.9. The molecule has 2 saturated carbocycles. The van der Waals surface area contributed by atoms with Crippen molar-refractivity contribution in [3.8, 4) is 0 Å². The average molecular weight is 326 g/mol. The Hall–Kier alpha value is -1.68. The molecule has 0 aliphatic heterocycles. The third kappa shape index (κ3) is 2.49. The van der Waals surface area contributed by atoms with Crippen molar-refractivity contribution in [1.82, 2.24) is 10.3 Å². The molecule has 1 N–H and O–H groups in total. The van der Waals surface area contributed by atoms with Crippen molar-refractivity contribution >= 4 is 17.2 Å². The Morgan fingerprint density at radius 3 is 2.61 bits per heavy atom. The van der Waals surface area contributed by atoms with Crippen molar-refractivity contribution in [1.29, 1.82) is 0 Å². The zero-order chi connectivity index (χ0) is 16.0. The van der Waals surface area contributed by atoms with Crippen LogP contribution in [0.25, 0.3) is 0 Å². The Morgan fingerprint density at radius 2 is 1.91 bits per heavy atom. The minimum atomic E-state index is 0.0596. The summed E-state index contributed by atoms with van der Waals surface area (Å²) in [6, 6.07) is 11.0. The smallest absolute Gasteiger partial charge is 0.263 e. The molecule has 4 atom stereocenters. The SMILES string of the molecule is Cc1nc(C)c(C(=O)N[C@@H]2[C@@H]3CCC[C@@H]3[C@H]2c2ccccc2)s1. The summed E-state index contributed by atoms with van der Waals surface area (Å²) in [6.45, 7) is 3.88. The summed E-state index contributed by atoms with van der Waals surface area (Å²) < 4.78 is 0. The van der Waals surface area contributed by atoms with Crippen LogP contribution in [-0.2, 0) is 0 Å². The van der Waals surface area contributed by atoms with Crippen LogP contribution in [0.1, 0.15) is 51.1 Å². The molecule has 0 unspecified atom stereocenters. The van der Waals surface area contributed by atoms with Gasteiger partial charge >= 0.3 is 0 Å². The molecule has 120 valence electrons. The number of amides is 1. The standard InChI is InChI=1S/C19H22N2OS/c1-11-18(23-12(2)20-11)19(22)21-17-15-10-6-9-14(15)16(17)13-7-4-3-5-8-13/h3-5,7-8,14-17H,6,9-10H2,1-2H3,(H,21,22)/t14-,15+,16+,17+/m0/s1. The van der Waals surface area contributed by atoms with E-state index in [0.717, 1.165) is 21.5 Å². The topological polar surface area (TPSA) is 42.0 Å². The van der Waals surface area contributed by atoms with Gasteiger partial charge in [0.25, 0.3) is 5.91 Å². The monoisotopic (exact) mass is 326 g/mol. The van der Waals surface area contributed by atoms with Gasteiger partial charge in [0.05, 0.1) is 10.7 Å². The van der Waals surface area contributed by atoms with E-state index in [1.54, 1.807) is 0 Å². The summed E-state index contributed by atoms with van der Waals surface area (Å²) in [5.74, 6) is 1.93.